The van der Waals surface area contributed by atoms with Gasteiger partial charge in [-0.2, -0.15) is 0 Å². The minimum absolute atomic E-state index is 0.196. The van der Waals surface area contributed by atoms with Gasteiger partial charge in [0.2, 0.25) is 0 Å². The zero-order chi connectivity index (χ0) is 16.1. The van der Waals surface area contributed by atoms with Crippen LogP contribution in [0.15, 0.2) is 48.8 Å². The normalized spacial score (nSPS) is 10.7. The fourth-order valence-electron chi connectivity index (χ4n) is 2.30. The third-order valence-electron chi connectivity index (χ3n) is 3.51. The van der Waals surface area contributed by atoms with Crippen LogP contribution in [0.3, 0.4) is 0 Å². The average molecular weight is 309 g/mol. The molecule has 5 heteroatoms. The van der Waals surface area contributed by atoms with E-state index in [0.717, 1.165) is 22.9 Å². The molecule has 0 aliphatic heterocycles. The van der Waals surface area contributed by atoms with Crippen molar-refractivity contribution in [1.82, 2.24) is 15.3 Å². The third kappa shape index (κ3) is 3.69. The smallest absolute Gasteiger partial charge is 0.270 e. The van der Waals surface area contributed by atoms with Crippen LogP contribution in [0.2, 0.25) is 0 Å². The van der Waals surface area contributed by atoms with Gasteiger partial charge in [0.25, 0.3) is 5.91 Å². The van der Waals surface area contributed by atoms with Crippen LogP contribution >= 0.6 is 0 Å². The number of ether oxygens (including phenoxy) is 1. The first-order valence-corrected chi connectivity index (χ1v) is 7.69. The lowest BCUT2D eigenvalue weighted by molar-refractivity contribution is 0.0946. The van der Waals surface area contributed by atoms with E-state index < -0.39 is 0 Å². The van der Waals surface area contributed by atoms with Crippen molar-refractivity contribution in [3.05, 3.63) is 60.0 Å². The van der Waals surface area contributed by atoms with E-state index in [1.807, 2.05) is 37.4 Å². The first-order valence-electron chi connectivity index (χ1n) is 7.69. The van der Waals surface area contributed by atoms with E-state index in [4.69, 9.17) is 4.74 Å². The van der Waals surface area contributed by atoms with Crippen molar-refractivity contribution in [1.29, 1.82) is 0 Å². The van der Waals surface area contributed by atoms with Gasteiger partial charge in [-0.05, 0) is 41.6 Å². The third-order valence-corrected chi connectivity index (χ3v) is 3.51. The molecule has 0 aliphatic carbocycles. The summed E-state index contributed by atoms with van der Waals surface area (Å²) < 4.78 is 5.45. The second-order valence-corrected chi connectivity index (χ2v) is 5.31. The Balaban J connectivity index is 1.60. The summed E-state index contributed by atoms with van der Waals surface area (Å²) in [5.41, 5.74) is 2.48. The van der Waals surface area contributed by atoms with Crippen LogP contribution < -0.4 is 10.1 Å². The number of aromatic amines is 1. The van der Waals surface area contributed by atoms with Gasteiger partial charge in [-0.3, -0.25) is 4.79 Å². The maximum absolute atomic E-state index is 12.1. The first-order chi connectivity index (χ1) is 11.3. The molecule has 1 aromatic carbocycles. The van der Waals surface area contributed by atoms with E-state index >= 15 is 0 Å². The van der Waals surface area contributed by atoms with Gasteiger partial charge < -0.3 is 15.0 Å². The van der Waals surface area contributed by atoms with Gasteiger partial charge >= 0.3 is 0 Å². The molecule has 23 heavy (non-hydrogen) atoms. The molecular weight excluding hydrogens is 290 g/mol. The molecule has 0 saturated carbocycles. The molecule has 0 fully saturated rings. The Bertz CT molecular complexity index is 793. The molecule has 5 nitrogen and oxygen atoms in total. The molecule has 0 aliphatic rings. The van der Waals surface area contributed by atoms with Gasteiger partial charge in [-0.15, -0.1) is 0 Å². The van der Waals surface area contributed by atoms with Crippen LogP contribution in [0.1, 0.15) is 29.4 Å². The Kier molecular flexibility index (Phi) is 4.57. The molecule has 0 radical (unpaired) electrons. The van der Waals surface area contributed by atoms with Crippen LogP contribution in [-0.4, -0.2) is 22.5 Å². The molecule has 2 heterocycles. The van der Waals surface area contributed by atoms with Crippen molar-refractivity contribution in [2.45, 2.75) is 19.9 Å². The lowest BCUT2D eigenvalue weighted by Crippen LogP contribution is -2.23. The predicted molar refractivity (Wildman–Crippen MR) is 89.5 cm³/mol. The van der Waals surface area contributed by atoms with Crippen LogP contribution in [-0.2, 0) is 6.54 Å². The fraction of sp³-hybridized carbons (Fsp3) is 0.222. The Morgan fingerprint density at radius 3 is 2.96 bits per heavy atom. The first kappa shape index (κ1) is 15.1. The van der Waals surface area contributed by atoms with Crippen LogP contribution in [0.25, 0.3) is 10.9 Å². The summed E-state index contributed by atoms with van der Waals surface area (Å²) in [5.74, 6) is 0.485. The molecule has 118 valence electrons. The highest BCUT2D eigenvalue weighted by atomic mass is 16.5. The number of amides is 1. The molecular formula is C18H19N3O2. The van der Waals surface area contributed by atoms with Crippen molar-refractivity contribution in [3.8, 4) is 5.75 Å². The van der Waals surface area contributed by atoms with Gasteiger partial charge in [0.1, 0.15) is 11.4 Å². The van der Waals surface area contributed by atoms with Gasteiger partial charge in [-0.25, -0.2) is 4.98 Å². The number of nitrogens with one attached hydrogen (secondary N) is 2. The lowest BCUT2D eigenvalue weighted by atomic mass is 10.1. The lowest BCUT2D eigenvalue weighted by Gasteiger charge is -2.07. The maximum atomic E-state index is 12.1. The number of hydrogen-bond acceptors (Lipinski definition) is 3. The van der Waals surface area contributed by atoms with E-state index in [9.17, 15) is 4.79 Å². The summed E-state index contributed by atoms with van der Waals surface area (Å²) in [7, 11) is 0. The number of carbonyl (C=O) groups excluding carboxylic acids is 1. The van der Waals surface area contributed by atoms with Gasteiger partial charge in [-0.1, -0.05) is 19.1 Å². The number of nitrogens with zero attached hydrogens (tertiary/aromatic N) is 1. The van der Waals surface area contributed by atoms with Crippen molar-refractivity contribution < 1.29 is 9.53 Å². The number of carbonyl (C=O) groups is 1. The van der Waals surface area contributed by atoms with E-state index in [-0.39, 0.29) is 5.91 Å². The highest BCUT2D eigenvalue weighted by Crippen LogP contribution is 2.14. The number of aromatic nitrogens is 2. The molecule has 0 atom stereocenters. The minimum Gasteiger partial charge on any atom is -0.492 e. The maximum Gasteiger partial charge on any atom is 0.270 e. The van der Waals surface area contributed by atoms with E-state index in [0.29, 0.717) is 24.6 Å². The van der Waals surface area contributed by atoms with Crippen LogP contribution in [0.5, 0.6) is 5.75 Å². The largest absolute Gasteiger partial charge is 0.492 e. The summed E-state index contributed by atoms with van der Waals surface area (Å²) in [5, 5.41) is 4.04. The molecule has 0 bridgehead atoms. The van der Waals surface area contributed by atoms with Crippen LogP contribution in [0, 0.1) is 0 Å². The monoisotopic (exact) mass is 309 g/mol. The average Bonchev–Trinajstić information content (AvgIpc) is 3.06. The fourth-order valence-corrected chi connectivity index (χ4v) is 2.30. The summed E-state index contributed by atoms with van der Waals surface area (Å²) >= 11 is 0. The Morgan fingerprint density at radius 1 is 1.26 bits per heavy atom. The van der Waals surface area contributed by atoms with Crippen molar-refractivity contribution >= 4 is 16.8 Å². The van der Waals surface area contributed by atoms with Crippen molar-refractivity contribution in [2.24, 2.45) is 0 Å². The summed E-state index contributed by atoms with van der Waals surface area (Å²) in [4.78, 5) is 19.4. The summed E-state index contributed by atoms with van der Waals surface area (Å²) in [6, 6.07) is 11.5. The molecule has 3 aromatic rings. The number of benzene rings is 1. The van der Waals surface area contributed by atoms with Gasteiger partial charge in [0.15, 0.2) is 0 Å². The molecule has 3 rings (SSSR count). The number of hydrogen-bond donors (Lipinski definition) is 2. The predicted octanol–water partition coefficient (Wildman–Crippen LogP) is 3.28. The number of H-pyrrole nitrogens is 1. The molecule has 0 saturated heterocycles. The van der Waals surface area contributed by atoms with Gasteiger partial charge in [0.05, 0.1) is 12.8 Å². The summed E-state index contributed by atoms with van der Waals surface area (Å²) in [6.07, 6.45) is 4.42. The summed E-state index contributed by atoms with van der Waals surface area (Å²) in [6.45, 7) is 3.15. The molecule has 2 N–H and O–H groups in total. The second kappa shape index (κ2) is 6.96. The number of fused-ring (bicyclic) bond motifs is 1. The van der Waals surface area contributed by atoms with Gasteiger partial charge in [0, 0.05) is 18.3 Å². The van der Waals surface area contributed by atoms with E-state index in [1.54, 1.807) is 18.3 Å². The molecule has 1 amide bonds. The molecule has 0 unspecified atom stereocenters. The van der Waals surface area contributed by atoms with Crippen molar-refractivity contribution in [2.75, 3.05) is 6.61 Å². The zero-order valence-electron chi connectivity index (χ0n) is 13.0. The Labute approximate surface area is 134 Å². The highest BCUT2D eigenvalue weighted by Gasteiger charge is 2.07. The zero-order valence-corrected chi connectivity index (χ0v) is 13.0. The molecule has 0 spiro atoms. The van der Waals surface area contributed by atoms with Crippen LogP contribution in [0.4, 0.5) is 0 Å². The topological polar surface area (TPSA) is 67.0 Å². The Hall–Kier alpha value is -2.82. The quantitative estimate of drug-likeness (QED) is 0.734. The number of rotatable bonds is 6. The van der Waals surface area contributed by atoms with Crippen molar-refractivity contribution in [3.63, 3.8) is 0 Å². The Morgan fingerprint density at radius 2 is 2.17 bits per heavy atom. The van der Waals surface area contributed by atoms with E-state index in [1.165, 1.54) is 0 Å². The molecule has 2 aromatic heterocycles. The van der Waals surface area contributed by atoms with E-state index in [2.05, 4.69) is 15.3 Å². The highest BCUT2D eigenvalue weighted by molar-refractivity contribution is 5.92. The minimum atomic E-state index is -0.196. The second-order valence-electron chi connectivity index (χ2n) is 5.31. The number of pyridine rings is 1. The SMILES string of the molecule is CCCOc1ccc(C(=O)NCc2ccc3cc[nH]c3c2)nc1. The standard InChI is InChI=1S/C18H19N3O2/c1-2-9-23-15-5-6-16(20-12-15)18(22)21-11-13-3-4-14-7-8-19-17(14)10-13/h3-8,10,12,19H,2,9,11H2,1H3,(H,21,22).